The fourth-order valence-electron chi connectivity index (χ4n) is 2.46. The summed E-state index contributed by atoms with van der Waals surface area (Å²) in [6.07, 6.45) is 3.66. The molecule has 0 aromatic heterocycles. The standard InChI is InChI=1S/C14H13BrF2N2O/c15-9-6-10(16)12(11(17)7-9)13(20)19-14(8-18)4-2-1-3-5-14/h6-7H,1-5H2,(H,19,20). The normalized spacial score (nSPS) is 17.3. The van der Waals surface area contributed by atoms with E-state index in [2.05, 4.69) is 27.3 Å². The Morgan fingerprint density at radius 1 is 1.25 bits per heavy atom. The molecule has 0 radical (unpaired) electrons. The van der Waals surface area contributed by atoms with Gasteiger partial charge in [0.1, 0.15) is 22.7 Å². The van der Waals surface area contributed by atoms with Gasteiger partial charge < -0.3 is 5.32 Å². The molecule has 1 aromatic rings. The molecule has 0 saturated heterocycles. The maximum absolute atomic E-state index is 13.7. The van der Waals surface area contributed by atoms with E-state index in [1.165, 1.54) is 0 Å². The summed E-state index contributed by atoms with van der Waals surface area (Å²) in [6.45, 7) is 0. The van der Waals surface area contributed by atoms with E-state index in [4.69, 9.17) is 0 Å². The van der Waals surface area contributed by atoms with Gasteiger partial charge in [-0.3, -0.25) is 4.79 Å². The summed E-state index contributed by atoms with van der Waals surface area (Å²) in [5, 5.41) is 11.8. The molecular weight excluding hydrogens is 330 g/mol. The average Bonchev–Trinajstić information content (AvgIpc) is 2.38. The first-order chi connectivity index (χ1) is 9.47. The predicted molar refractivity (Wildman–Crippen MR) is 73.0 cm³/mol. The second-order valence-electron chi connectivity index (χ2n) is 4.95. The van der Waals surface area contributed by atoms with Crippen LogP contribution < -0.4 is 5.32 Å². The number of nitriles is 1. The van der Waals surface area contributed by atoms with E-state index in [9.17, 15) is 18.8 Å². The van der Waals surface area contributed by atoms with Gasteiger partial charge in [0.05, 0.1) is 6.07 Å². The second kappa shape index (κ2) is 5.88. The van der Waals surface area contributed by atoms with Gasteiger partial charge in [-0.2, -0.15) is 5.26 Å². The van der Waals surface area contributed by atoms with Crippen molar-refractivity contribution in [2.24, 2.45) is 0 Å². The maximum atomic E-state index is 13.7. The summed E-state index contributed by atoms with van der Waals surface area (Å²) >= 11 is 2.95. The van der Waals surface area contributed by atoms with E-state index in [-0.39, 0.29) is 4.47 Å². The number of nitrogens with zero attached hydrogens (tertiary/aromatic N) is 1. The third-order valence-electron chi connectivity index (χ3n) is 3.51. The first-order valence-corrected chi connectivity index (χ1v) is 7.15. The average molecular weight is 343 g/mol. The lowest BCUT2D eigenvalue weighted by atomic mass is 9.82. The highest BCUT2D eigenvalue weighted by molar-refractivity contribution is 9.10. The molecule has 6 heteroatoms. The molecule has 0 bridgehead atoms. The smallest absolute Gasteiger partial charge is 0.258 e. The van der Waals surface area contributed by atoms with Crippen LogP contribution in [0.25, 0.3) is 0 Å². The number of amides is 1. The maximum Gasteiger partial charge on any atom is 0.258 e. The van der Waals surface area contributed by atoms with Crippen molar-refractivity contribution < 1.29 is 13.6 Å². The molecule has 1 fully saturated rings. The Morgan fingerprint density at radius 2 is 1.80 bits per heavy atom. The van der Waals surface area contributed by atoms with Crippen LogP contribution in [0.5, 0.6) is 0 Å². The topological polar surface area (TPSA) is 52.9 Å². The number of nitrogens with one attached hydrogen (secondary N) is 1. The molecule has 106 valence electrons. The minimum atomic E-state index is -1.01. The molecule has 0 heterocycles. The molecule has 0 unspecified atom stereocenters. The van der Waals surface area contributed by atoms with E-state index in [1.807, 2.05) is 0 Å². The van der Waals surface area contributed by atoms with Crippen molar-refractivity contribution >= 4 is 21.8 Å². The lowest BCUT2D eigenvalue weighted by Gasteiger charge is -2.31. The predicted octanol–water partition coefficient (Wildman–Crippen LogP) is 3.68. The summed E-state index contributed by atoms with van der Waals surface area (Å²) in [7, 11) is 0. The Kier molecular flexibility index (Phi) is 4.39. The molecule has 1 N–H and O–H groups in total. The molecule has 0 spiro atoms. The van der Waals surface area contributed by atoms with Crippen molar-refractivity contribution in [3.05, 3.63) is 33.8 Å². The summed E-state index contributed by atoms with van der Waals surface area (Å²) in [5.74, 6) is -2.77. The van der Waals surface area contributed by atoms with E-state index in [0.717, 1.165) is 31.4 Å². The highest BCUT2D eigenvalue weighted by Gasteiger charge is 2.35. The number of carbonyl (C=O) groups excluding carboxylic acids is 1. The Morgan fingerprint density at radius 3 is 2.30 bits per heavy atom. The third kappa shape index (κ3) is 2.98. The first-order valence-electron chi connectivity index (χ1n) is 6.36. The van der Waals surface area contributed by atoms with Gasteiger partial charge in [0.15, 0.2) is 0 Å². The Labute approximate surface area is 124 Å². The van der Waals surface area contributed by atoms with Crippen molar-refractivity contribution in [1.82, 2.24) is 5.32 Å². The van der Waals surface area contributed by atoms with Crippen LogP contribution in [-0.2, 0) is 0 Å². The number of benzene rings is 1. The molecule has 1 saturated carbocycles. The van der Waals surface area contributed by atoms with Crippen molar-refractivity contribution in [3.8, 4) is 6.07 Å². The van der Waals surface area contributed by atoms with E-state index in [0.29, 0.717) is 12.8 Å². The largest absolute Gasteiger partial charge is 0.334 e. The molecule has 2 rings (SSSR count). The molecule has 0 atom stereocenters. The SMILES string of the molecule is N#CC1(NC(=O)c2c(F)cc(Br)cc2F)CCCCC1. The number of hydrogen-bond acceptors (Lipinski definition) is 2. The molecule has 0 aliphatic heterocycles. The minimum absolute atomic E-state index is 0.219. The van der Waals surface area contributed by atoms with E-state index >= 15 is 0 Å². The van der Waals surface area contributed by atoms with Crippen LogP contribution >= 0.6 is 15.9 Å². The summed E-state index contributed by atoms with van der Waals surface area (Å²) < 4.78 is 27.7. The van der Waals surface area contributed by atoms with Crippen LogP contribution in [-0.4, -0.2) is 11.4 Å². The molecule has 1 amide bonds. The van der Waals surface area contributed by atoms with Crippen LogP contribution in [0, 0.1) is 23.0 Å². The monoisotopic (exact) mass is 342 g/mol. The van der Waals surface area contributed by atoms with Crippen molar-refractivity contribution in [3.63, 3.8) is 0 Å². The van der Waals surface area contributed by atoms with Crippen LogP contribution in [0.3, 0.4) is 0 Å². The molecule has 1 aromatic carbocycles. The van der Waals surface area contributed by atoms with Gasteiger partial charge in [0.2, 0.25) is 0 Å². The lowest BCUT2D eigenvalue weighted by molar-refractivity contribution is 0.0894. The van der Waals surface area contributed by atoms with Gasteiger partial charge in [-0.25, -0.2) is 8.78 Å². The van der Waals surface area contributed by atoms with Crippen LogP contribution in [0.2, 0.25) is 0 Å². The number of halogens is 3. The summed E-state index contributed by atoms with van der Waals surface area (Å²) in [5.41, 5.74) is -1.66. The molecule has 1 aliphatic rings. The quantitative estimate of drug-likeness (QED) is 0.891. The number of carbonyl (C=O) groups is 1. The Balaban J connectivity index is 2.26. The zero-order valence-electron chi connectivity index (χ0n) is 10.7. The van der Waals surface area contributed by atoms with Gasteiger partial charge in [-0.05, 0) is 25.0 Å². The lowest BCUT2D eigenvalue weighted by Crippen LogP contribution is -2.49. The van der Waals surface area contributed by atoms with Gasteiger partial charge in [0.25, 0.3) is 5.91 Å². The van der Waals surface area contributed by atoms with Crippen molar-refractivity contribution in [2.45, 2.75) is 37.6 Å². The third-order valence-corrected chi connectivity index (χ3v) is 3.97. The molecule has 1 aliphatic carbocycles. The highest BCUT2D eigenvalue weighted by atomic mass is 79.9. The zero-order valence-corrected chi connectivity index (χ0v) is 12.3. The first kappa shape index (κ1) is 14.9. The molecule has 3 nitrogen and oxygen atoms in total. The Bertz CT molecular complexity index is 554. The number of hydrogen-bond donors (Lipinski definition) is 1. The van der Waals surface area contributed by atoms with Gasteiger partial charge in [-0.15, -0.1) is 0 Å². The van der Waals surface area contributed by atoms with Gasteiger partial charge in [0, 0.05) is 4.47 Å². The van der Waals surface area contributed by atoms with Gasteiger partial charge >= 0.3 is 0 Å². The highest BCUT2D eigenvalue weighted by Crippen LogP contribution is 2.28. The minimum Gasteiger partial charge on any atom is -0.334 e. The van der Waals surface area contributed by atoms with Crippen molar-refractivity contribution in [1.29, 1.82) is 5.26 Å². The fraction of sp³-hybridized carbons (Fsp3) is 0.429. The number of rotatable bonds is 2. The summed E-state index contributed by atoms with van der Waals surface area (Å²) in [4.78, 5) is 12.1. The van der Waals surface area contributed by atoms with Crippen molar-refractivity contribution in [2.75, 3.05) is 0 Å². The molecule has 20 heavy (non-hydrogen) atoms. The van der Waals surface area contributed by atoms with E-state index in [1.54, 1.807) is 0 Å². The van der Waals surface area contributed by atoms with E-state index < -0.39 is 28.6 Å². The molecular formula is C14H13BrF2N2O. The zero-order chi connectivity index (χ0) is 14.8. The van der Waals surface area contributed by atoms with Crippen LogP contribution in [0.15, 0.2) is 16.6 Å². The van der Waals surface area contributed by atoms with Crippen LogP contribution in [0.1, 0.15) is 42.5 Å². The fourth-order valence-corrected chi connectivity index (χ4v) is 2.86. The Hall–Kier alpha value is -1.48. The van der Waals surface area contributed by atoms with Crippen LogP contribution in [0.4, 0.5) is 8.78 Å². The van der Waals surface area contributed by atoms with Gasteiger partial charge in [-0.1, -0.05) is 35.2 Å². The summed E-state index contributed by atoms with van der Waals surface area (Å²) in [6, 6.07) is 4.13. The second-order valence-corrected chi connectivity index (χ2v) is 5.87.